The van der Waals surface area contributed by atoms with Gasteiger partial charge in [0.05, 0.1) is 14.2 Å². The Bertz CT molecular complexity index is 247. The number of hydrogen-bond acceptors (Lipinski definition) is 6. The second-order valence-corrected chi connectivity index (χ2v) is 3.13. The van der Waals surface area contributed by atoms with Gasteiger partial charge in [0.15, 0.2) is 0 Å². The Balaban J connectivity index is 4.89. The quantitative estimate of drug-likeness (QED) is 0.435. The van der Waals surface area contributed by atoms with Crippen LogP contribution in [0.25, 0.3) is 0 Å². The zero-order valence-electron chi connectivity index (χ0n) is 7.49. The van der Waals surface area contributed by atoms with Crippen LogP contribution in [-0.2, 0) is 19.1 Å². The Morgan fingerprint density at radius 3 is 1.92 bits per heavy atom. The smallest absolute Gasteiger partial charge is 0.345 e. The summed E-state index contributed by atoms with van der Waals surface area (Å²) in [6.45, 7) is 0. The first-order chi connectivity index (χ1) is 6.08. The number of esters is 2. The average Bonchev–Trinajstić information content (AvgIpc) is 2.17. The van der Waals surface area contributed by atoms with Crippen molar-refractivity contribution < 1.29 is 19.1 Å². The predicted octanol–water partition coefficient (Wildman–Crippen LogP) is 0.837. The number of rotatable bonds is 3. The maximum atomic E-state index is 11.0. The molecule has 0 N–H and O–H groups in total. The molecule has 0 saturated carbocycles. The molecular weight excluding hydrogens is 212 g/mol. The molecule has 0 atom stereocenters. The fourth-order valence-electron chi connectivity index (χ4n) is 0.559. The van der Waals surface area contributed by atoms with E-state index in [-0.39, 0.29) is 9.81 Å². The summed E-state index contributed by atoms with van der Waals surface area (Å²) in [6, 6.07) is 0. The summed E-state index contributed by atoms with van der Waals surface area (Å²) in [5, 5.41) is 0. The van der Waals surface area contributed by atoms with E-state index in [2.05, 4.69) is 22.1 Å². The van der Waals surface area contributed by atoms with Crippen LogP contribution in [0.2, 0.25) is 0 Å². The van der Waals surface area contributed by atoms with Crippen molar-refractivity contribution in [1.82, 2.24) is 0 Å². The van der Waals surface area contributed by atoms with Crippen molar-refractivity contribution in [3.8, 4) is 0 Å². The highest BCUT2D eigenvalue weighted by molar-refractivity contribution is 8.04. The zero-order chi connectivity index (χ0) is 10.4. The summed E-state index contributed by atoms with van der Waals surface area (Å²) in [4.78, 5) is 22.1. The van der Waals surface area contributed by atoms with Crippen molar-refractivity contribution in [2.24, 2.45) is 0 Å². The predicted molar refractivity (Wildman–Crippen MR) is 53.6 cm³/mol. The van der Waals surface area contributed by atoms with Gasteiger partial charge in [-0.15, -0.1) is 24.4 Å². The first kappa shape index (κ1) is 12.4. The van der Waals surface area contributed by atoms with Crippen molar-refractivity contribution in [1.29, 1.82) is 0 Å². The molecule has 0 aromatic heterocycles. The molecule has 0 bridgehead atoms. The van der Waals surface area contributed by atoms with Crippen molar-refractivity contribution in [3.05, 3.63) is 9.81 Å². The molecule has 13 heavy (non-hydrogen) atoms. The topological polar surface area (TPSA) is 52.6 Å². The van der Waals surface area contributed by atoms with E-state index in [9.17, 15) is 9.59 Å². The number of thiol groups is 1. The van der Waals surface area contributed by atoms with Crippen LogP contribution in [-0.4, -0.2) is 32.4 Å². The molecule has 4 nitrogen and oxygen atoms in total. The van der Waals surface area contributed by atoms with Crippen LogP contribution in [0.1, 0.15) is 0 Å². The minimum Gasteiger partial charge on any atom is -0.465 e. The molecule has 74 valence electrons. The first-order valence-electron chi connectivity index (χ1n) is 3.22. The molecule has 0 aliphatic rings. The van der Waals surface area contributed by atoms with Crippen LogP contribution < -0.4 is 0 Å². The Morgan fingerprint density at radius 1 is 1.15 bits per heavy atom. The molecule has 0 aromatic carbocycles. The molecule has 0 aliphatic carbocycles. The summed E-state index contributed by atoms with van der Waals surface area (Å²) in [6.07, 6.45) is 1.64. The standard InChI is InChI=1S/C7H10O4S2/c1-10-6(8)4(12)5(13-3)7(9)11-2/h12H,1-3H3/b5-4-. The monoisotopic (exact) mass is 222 g/mol. The van der Waals surface area contributed by atoms with Crippen molar-refractivity contribution in [3.63, 3.8) is 0 Å². The van der Waals surface area contributed by atoms with Gasteiger partial charge < -0.3 is 9.47 Å². The second kappa shape index (κ2) is 5.93. The first-order valence-corrected chi connectivity index (χ1v) is 4.89. The molecule has 0 radical (unpaired) electrons. The van der Waals surface area contributed by atoms with Gasteiger partial charge in [-0.25, -0.2) is 9.59 Å². The highest BCUT2D eigenvalue weighted by Crippen LogP contribution is 2.21. The fourth-order valence-corrected chi connectivity index (χ4v) is 1.54. The molecule has 0 amide bonds. The summed E-state index contributed by atoms with van der Waals surface area (Å²) >= 11 is 4.94. The molecule has 0 unspecified atom stereocenters. The molecule has 0 fully saturated rings. The van der Waals surface area contributed by atoms with Crippen LogP contribution in [0.15, 0.2) is 9.81 Å². The summed E-state index contributed by atoms with van der Waals surface area (Å²) in [5.74, 6) is -1.25. The van der Waals surface area contributed by atoms with Gasteiger partial charge in [-0.3, -0.25) is 0 Å². The van der Waals surface area contributed by atoms with E-state index in [1.165, 1.54) is 14.2 Å². The molecular formula is C7H10O4S2. The Morgan fingerprint density at radius 2 is 1.62 bits per heavy atom. The summed E-state index contributed by atoms with van der Waals surface area (Å²) in [5.41, 5.74) is 0. The van der Waals surface area contributed by atoms with Gasteiger partial charge in [0.1, 0.15) is 9.81 Å². The summed E-state index contributed by atoms with van der Waals surface area (Å²) in [7, 11) is 2.45. The number of carbonyl (C=O) groups excluding carboxylic acids is 2. The van der Waals surface area contributed by atoms with E-state index in [0.717, 1.165) is 11.8 Å². The van der Waals surface area contributed by atoms with Gasteiger partial charge in [0.25, 0.3) is 0 Å². The Kier molecular flexibility index (Phi) is 5.65. The van der Waals surface area contributed by atoms with E-state index in [0.29, 0.717) is 0 Å². The van der Waals surface area contributed by atoms with Crippen LogP contribution in [0, 0.1) is 0 Å². The van der Waals surface area contributed by atoms with Crippen molar-refractivity contribution in [2.45, 2.75) is 0 Å². The third-order valence-corrected chi connectivity index (χ3v) is 2.51. The lowest BCUT2D eigenvalue weighted by molar-refractivity contribution is -0.138. The fraction of sp³-hybridized carbons (Fsp3) is 0.429. The lowest BCUT2D eigenvalue weighted by atomic mass is 10.5. The molecule has 0 saturated heterocycles. The summed E-state index contributed by atoms with van der Waals surface area (Å²) < 4.78 is 8.84. The van der Waals surface area contributed by atoms with Gasteiger partial charge in [-0.05, 0) is 6.26 Å². The van der Waals surface area contributed by atoms with Gasteiger partial charge in [0.2, 0.25) is 0 Å². The van der Waals surface area contributed by atoms with Crippen LogP contribution in [0.4, 0.5) is 0 Å². The highest BCUT2D eigenvalue weighted by atomic mass is 32.2. The van der Waals surface area contributed by atoms with Crippen LogP contribution in [0.5, 0.6) is 0 Å². The minimum atomic E-state index is -0.655. The van der Waals surface area contributed by atoms with Crippen LogP contribution >= 0.6 is 24.4 Å². The lowest BCUT2D eigenvalue weighted by Gasteiger charge is -2.04. The molecule has 0 aliphatic heterocycles. The van der Waals surface area contributed by atoms with E-state index in [1.54, 1.807) is 6.26 Å². The van der Waals surface area contributed by atoms with Crippen LogP contribution in [0.3, 0.4) is 0 Å². The normalized spacial score (nSPS) is 11.7. The lowest BCUT2D eigenvalue weighted by Crippen LogP contribution is -2.09. The van der Waals surface area contributed by atoms with E-state index >= 15 is 0 Å². The van der Waals surface area contributed by atoms with E-state index in [4.69, 9.17) is 0 Å². The molecule has 0 spiro atoms. The number of carbonyl (C=O) groups is 2. The maximum Gasteiger partial charge on any atom is 0.345 e. The van der Waals surface area contributed by atoms with E-state index < -0.39 is 11.9 Å². The SMILES string of the molecule is COC(=O)/C(S)=C(/SC)C(=O)OC. The van der Waals surface area contributed by atoms with Crippen molar-refractivity contribution in [2.75, 3.05) is 20.5 Å². The van der Waals surface area contributed by atoms with Gasteiger partial charge >= 0.3 is 11.9 Å². The zero-order valence-corrected chi connectivity index (χ0v) is 9.20. The highest BCUT2D eigenvalue weighted by Gasteiger charge is 2.18. The molecule has 0 heterocycles. The Hall–Kier alpha value is -0.620. The third-order valence-electron chi connectivity index (χ3n) is 1.17. The third kappa shape index (κ3) is 3.31. The largest absolute Gasteiger partial charge is 0.465 e. The minimum absolute atomic E-state index is 0.0400. The van der Waals surface area contributed by atoms with Gasteiger partial charge in [-0.2, -0.15) is 0 Å². The number of hydrogen-bond donors (Lipinski definition) is 1. The number of methoxy groups -OCH3 is 2. The number of thioether (sulfide) groups is 1. The molecule has 0 rings (SSSR count). The molecule has 0 aromatic rings. The number of ether oxygens (including phenoxy) is 2. The second-order valence-electron chi connectivity index (χ2n) is 1.87. The van der Waals surface area contributed by atoms with Gasteiger partial charge in [-0.1, -0.05) is 0 Å². The Labute approximate surface area is 86.1 Å². The van der Waals surface area contributed by atoms with Crippen molar-refractivity contribution >= 4 is 36.3 Å². The maximum absolute atomic E-state index is 11.0. The molecule has 6 heteroatoms. The van der Waals surface area contributed by atoms with Gasteiger partial charge in [0, 0.05) is 0 Å². The average molecular weight is 222 g/mol. The van der Waals surface area contributed by atoms with E-state index in [1.807, 2.05) is 0 Å².